The second-order valence-corrected chi connectivity index (χ2v) is 8.28. The third-order valence-corrected chi connectivity index (χ3v) is 5.99. The first-order chi connectivity index (χ1) is 10.9. The lowest BCUT2D eigenvalue weighted by Gasteiger charge is -2.28. The molecule has 1 saturated carbocycles. The normalized spacial score (nSPS) is 22.7. The smallest absolute Gasteiger partial charge is 0.342 e. The number of hydrogen-bond donors (Lipinski definition) is 0. The largest absolute Gasteiger partial charge is 0.469 e. The monoisotopic (exact) mass is 341 g/mol. The van der Waals surface area contributed by atoms with Gasteiger partial charge in [-0.3, -0.25) is 4.79 Å². The molecule has 0 radical (unpaired) electrons. The predicted octanol–water partition coefficient (Wildman–Crippen LogP) is 0.923. The highest BCUT2D eigenvalue weighted by Crippen LogP contribution is 2.32. The lowest BCUT2D eigenvalue weighted by molar-refractivity contribution is -0.137. The van der Waals surface area contributed by atoms with Crippen LogP contribution in [0.3, 0.4) is 0 Å². The summed E-state index contributed by atoms with van der Waals surface area (Å²) in [6.45, 7) is 1.26. The average Bonchev–Trinajstić information content (AvgIpc) is 3.12. The van der Waals surface area contributed by atoms with Crippen LogP contribution in [-0.4, -0.2) is 55.4 Å². The van der Waals surface area contributed by atoms with Gasteiger partial charge in [-0.25, -0.2) is 13.2 Å². The summed E-state index contributed by atoms with van der Waals surface area (Å²) in [4.78, 5) is 25.9. The summed E-state index contributed by atoms with van der Waals surface area (Å²) in [5.41, 5.74) is 0.291. The van der Waals surface area contributed by atoms with Crippen LogP contribution < -0.4 is 0 Å². The predicted molar refractivity (Wildman–Crippen MR) is 80.7 cm³/mol. The number of aryl methyl sites for hydroxylation is 1. The third kappa shape index (κ3) is 3.57. The minimum absolute atomic E-state index is 0.00399. The molecule has 1 aliphatic heterocycles. The molecule has 23 heavy (non-hydrogen) atoms. The number of carbonyl (C=O) groups is 2. The van der Waals surface area contributed by atoms with Crippen LogP contribution in [0, 0.1) is 6.92 Å². The first kappa shape index (κ1) is 16.0. The quantitative estimate of drug-likeness (QED) is 0.739. The zero-order valence-corrected chi connectivity index (χ0v) is 13.7. The van der Waals surface area contributed by atoms with Gasteiger partial charge >= 0.3 is 5.97 Å². The summed E-state index contributed by atoms with van der Waals surface area (Å²) in [7, 11) is -3.07. The fourth-order valence-electron chi connectivity index (χ4n) is 2.93. The summed E-state index contributed by atoms with van der Waals surface area (Å²) in [5.74, 6) is -0.390. The molecular formula is C15H19NO6S. The number of sulfone groups is 1. The van der Waals surface area contributed by atoms with Crippen LogP contribution in [0.15, 0.2) is 16.7 Å². The van der Waals surface area contributed by atoms with Crippen molar-refractivity contribution >= 4 is 21.7 Å². The number of esters is 1. The molecule has 1 amide bonds. The Labute approximate surface area is 134 Å². The van der Waals surface area contributed by atoms with Crippen molar-refractivity contribution in [1.82, 2.24) is 4.90 Å². The van der Waals surface area contributed by atoms with Crippen LogP contribution in [0.1, 0.15) is 35.4 Å². The summed E-state index contributed by atoms with van der Waals surface area (Å²) < 4.78 is 33.4. The van der Waals surface area contributed by atoms with Gasteiger partial charge in [-0.15, -0.1) is 0 Å². The van der Waals surface area contributed by atoms with E-state index in [1.807, 2.05) is 0 Å². The Balaban J connectivity index is 1.61. The van der Waals surface area contributed by atoms with Crippen LogP contribution >= 0.6 is 0 Å². The topological polar surface area (TPSA) is 93.9 Å². The molecule has 0 aromatic carbocycles. The van der Waals surface area contributed by atoms with E-state index in [2.05, 4.69) is 0 Å². The number of rotatable bonds is 5. The third-order valence-electron chi connectivity index (χ3n) is 4.24. The molecule has 1 aliphatic carbocycles. The molecule has 1 aromatic heterocycles. The van der Waals surface area contributed by atoms with Gasteiger partial charge < -0.3 is 14.1 Å². The second kappa shape index (κ2) is 5.99. The first-order valence-electron chi connectivity index (χ1n) is 7.60. The van der Waals surface area contributed by atoms with Crippen LogP contribution in [0.25, 0.3) is 0 Å². The Morgan fingerprint density at radius 1 is 1.30 bits per heavy atom. The molecule has 1 saturated heterocycles. The molecule has 1 aromatic rings. The molecule has 3 rings (SSSR count). The van der Waals surface area contributed by atoms with E-state index in [4.69, 9.17) is 9.15 Å². The fraction of sp³-hybridized carbons (Fsp3) is 0.600. The van der Waals surface area contributed by atoms with E-state index in [9.17, 15) is 18.0 Å². The minimum Gasteiger partial charge on any atom is -0.469 e. The highest BCUT2D eigenvalue weighted by Gasteiger charge is 2.42. The van der Waals surface area contributed by atoms with Crippen molar-refractivity contribution in [3.8, 4) is 0 Å². The number of amides is 1. The number of furan rings is 1. The summed E-state index contributed by atoms with van der Waals surface area (Å²) in [6.07, 6.45) is 3.58. The van der Waals surface area contributed by atoms with Crippen LogP contribution in [0.2, 0.25) is 0 Å². The molecule has 1 atom stereocenters. The van der Waals surface area contributed by atoms with E-state index >= 15 is 0 Å². The Morgan fingerprint density at radius 3 is 2.57 bits per heavy atom. The SMILES string of the molecule is Cc1occc1C(=O)OCC(=O)N(C1CC1)[C@@H]1CCS(=O)(=O)C1. The molecule has 0 bridgehead atoms. The summed E-state index contributed by atoms with van der Waals surface area (Å²) >= 11 is 0. The van der Waals surface area contributed by atoms with Crippen molar-refractivity contribution in [3.63, 3.8) is 0 Å². The van der Waals surface area contributed by atoms with Gasteiger partial charge in [0.25, 0.3) is 5.91 Å². The Kier molecular flexibility index (Phi) is 4.18. The zero-order valence-electron chi connectivity index (χ0n) is 12.9. The molecule has 0 N–H and O–H groups in total. The van der Waals surface area contributed by atoms with Gasteiger partial charge in [0.2, 0.25) is 0 Å². The van der Waals surface area contributed by atoms with Crippen LogP contribution in [0.5, 0.6) is 0 Å². The van der Waals surface area contributed by atoms with E-state index < -0.39 is 15.8 Å². The van der Waals surface area contributed by atoms with Crippen molar-refractivity contribution in [1.29, 1.82) is 0 Å². The van der Waals surface area contributed by atoms with Gasteiger partial charge in [0.15, 0.2) is 16.4 Å². The molecule has 2 aliphatic rings. The van der Waals surface area contributed by atoms with Gasteiger partial charge in [-0.05, 0) is 32.3 Å². The fourth-order valence-corrected chi connectivity index (χ4v) is 4.64. The molecule has 7 nitrogen and oxygen atoms in total. The molecule has 2 heterocycles. The van der Waals surface area contributed by atoms with Crippen molar-refractivity contribution in [2.75, 3.05) is 18.1 Å². The molecular weight excluding hydrogens is 322 g/mol. The summed E-state index contributed by atoms with van der Waals surface area (Å²) in [6, 6.07) is 1.27. The average molecular weight is 341 g/mol. The molecule has 126 valence electrons. The van der Waals surface area contributed by atoms with Gasteiger partial charge in [0.1, 0.15) is 11.3 Å². The lowest BCUT2D eigenvalue weighted by Crippen LogP contribution is -2.44. The minimum atomic E-state index is -3.07. The second-order valence-electron chi connectivity index (χ2n) is 6.06. The highest BCUT2D eigenvalue weighted by atomic mass is 32.2. The summed E-state index contributed by atoms with van der Waals surface area (Å²) in [5, 5.41) is 0. The number of hydrogen-bond acceptors (Lipinski definition) is 6. The van der Waals surface area contributed by atoms with E-state index in [1.54, 1.807) is 11.8 Å². The van der Waals surface area contributed by atoms with Gasteiger partial charge in [-0.1, -0.05) is 0 Å². The van der Waals surface area contributed by atoms with Gasteiger partial charge in [0, 0.05) is 12.1 Å². The van der Waals surface area contributed by atoms with E-state index in [0.29, 0.717) is 17.7 Å². The molecule has 2 fully saturated rings. The van der Waals surface area contributed by atoms with Crippen molar-refractivity contribution in [2.45, 2.75) is 38.3 Å². The maximum atomic E-state index is 12.4. The zero-order chi connectivity index (χ0) is 16.6. The van der Waals surface area contributed by atoms with Gasteiger partial charge in [0.05, 0.1) is 17.8 Å². The Hall–Kier alpha value is -1.83. The first-order valence-corrected chi connectivity index (χ1v) is 9.42. The molecule has 8 heteroatoms. The van der Waals surface area contributed by atoms with Crippen molar-refractivity contribution in [2.24, 2.45) is 0 Å². The van der Waals surface area contributed by atoms with E-state index in [1.165, 1.54) is 12.3 Å². The molecule has 0 spiro atoms. The Bertz CT molecular complexity index is 718. The lowest BCUT2D eigenvalue weighted by atomic mass is 10.2. The highest BCUT2D eigenvalue weighted by molar-refractivity contribution is 7.91. The van der Waals surface area contributed by atoms with Crippen molar-refractivity contribution < 1.29 is 27.2 Å². The maximum Gasteiger partial charge on any atom is 0.342 e. The van der Waals surface area contributed by atoms with Crippen LogP contribution in [-0.2, 0) is 19.4 Å². The van der Waals surface area contributed by atoms with Crippen molar-refractivity contribution in [3.05, 3.63) is 23.7 Å². The van der Waals surface area contributed by atoms with E-state index in [-0.39, 0.29) is 36.1 Å². The standard InChI is InChI=1S/C15H19NO6S/c1-10-13(4-6-21-10)15(18)22-8-14(17)16(11-2-3-11)12-5-7-23(19,20)9-12/h4,6,11-12H,2-3,5,7-9H2,1H3/t12-/m1/s1. The van der Waals surface area contributed by atoms with Gasteiger partial charge in [-0.2, -0.15) is 0 Å². The number of nitrogens with zero attached hydrogens (tertiary/aromatic N) is 1. The molecule has 0 unspecified atom stereocenters. The number of carbonyl (C=O) groups excluding carboxylic acids is 2. The van der Waals surface area contributed by atoms with E-state index in [0.717, 1.165) is 12.8 Å². The maximum absolute atomic E-state index is 12.4. The Morgan fingerprint density at radius 2 is 2.04 bits per heavy atom. The number of ether oxygens (including phenoxy) is 1. The van der Waals surface area contributed by atoms with Crippen LogP contribution in [0.4, 0.5) is 0 Å².